The number of rotatable bonds is 3. The zero-order chi connectivity index (χ0) is 17.2. The van der Waals surface area contributed by atoms with Crippen LogP contribution in [-0.2, 0) is 14.3 Å². The lowest BCUT2D eigenvalue weighted by molar-refractivity contribution is -0.138. The van der Waals surface area contributed by atoms with Gasteiger partial charge in [-0.05, 0) is 71.6 Å². The molecule has 0 unspecified atom stereocenters. The van der Waals surface area contributed by atoms with Crippen molar-refractivity contribution in [2.45, 2.75) is 59.5 Å². The van der Waals surface area contributed by atoms with Gasteiger partial charge in [-0.1, -0.05) is 0 Å². The summed E-state index contributed by atoms with van der Waals surface area (Å²) in [5.74, 6) is -0.283. The normalized spacial score (nSPS) is 15.0. The van der Waals surface area contributed by atoms with Gasteiger partial charge < -0.3 is 9.47 Å². The molecule has 0 aromatic carbocycles. The number of hydrogen-bond donors (Lipinski definition) is 0. The summed E-state index contributed by atoms with van der Waals surface area (Å²) in [5.41, 5.74) is 2.52. The van der Waals surface area contributed by atoms with Crippen molar-refractivity contribution in [1.82, 2.24) is 4.57 Å². The second-order valence-electron chi connectivity index (χ2n) is 6.71. The lowest BCUT2D eigenvalue weighted by Gasteiger charge is -2.21. The van der Waals surface area contributed by atoms with Crippen LogP contribution in [0.15, 0.2) is 17.7 Å². The van der Waals surface area contributed by atoms with Crippen molar-refractivity contribution in [1.29, 1.82) is 0 Å². The Morgan fingerprint density at radius 2 is 1.91 bits per heavy atom. The van der Waals surface area contributed by atoms with Gasteiger partial charge in [-0.15, -0.1) is 0 Å². The van der Waals surface area contributed by atoms with Crippen molar-refractivity contribution in [3.8, 4) is 0 Å². The Morgan fingerprint density at radius 3 is 2.52 bits per heavy atom. The average Bonchev–Trinajstić information content (AvgIpc) is 3.02. The van der Waals surface area contributed by atoms with Gasteiger partial charge in [0.05, 0.1) is 12.3 Å². The van der Waals surface area contributed by atoms with Crippen molar-refractivity contribution in [3.05, 3.63) is 29.1 Å². The summed E-state index contributed by atoms with van der Waals surface area (Å²) in [5, 5.41) is 0. The fraction of sp³-hybridized carbons (Fsp3) is 0.556. The van der Waals surface area contributed by atoms with E-state index in [-0.39, 0.29) is 5.97 Å². The van der Waals surface area contributed by atoms with Gasteiger partial charge in [-0.25, -0.2) is 9.59 Å². The first-order valence-corrected chi connectivity index (χ1v) is 8.06. The SMILES string of the molecule is CCOC(=O)C1=C(c2ccc(C)n2C(=O)OC(C)(C)C)CCC1. The van der Waals surface area contributed by atoms with Crippen LogP contribution in [0.25, 0.3) is 5.57 Å². The van der Waals surface area contributed by atoms with Crippen molar-refractivity contribution >= 4 is 17.6 Å². The van der Waals surface area contributed by atoms with Crippen LogP contribution in [0, 0.1) is 6.92 Å². The highest BCUT2D eigenvalue weighted by atomic mass is 16.6. The van der Waals surface area contributed by atoms with Crippen LogP contribution >= 0.6 is 0 Å². The van der Waals surface area contributed by atoms with E-state index >= 15 is 0 Å². The molecule has 1 aromatic heterocycles. The number of aromatic nitrogens is 1. The lowest BCUT2D eigenvalue weighted by Crippen LogP contribution is -2.28. The highest BCUT2D eigenvalue weighted by molar-refractivity contribution is 5.99. The summed E-state index contributed by atoms with van der Waals surface area (Å²) in [6.45, 7) is 9.50. The molecule has 0 spiro atoms. The standard InChI is InChI=1S/C18H25NO4/c1-6-22-16(20)14-9-7-8-13(14)15-11-10-12(2)19(15)17(21)23-18(3,4)5/h10-11H,6-9H2,1-5H3. The lowest BCUT2D eigenvalue weighted by atomic mass is 10.1. The van der Waals surface area contributed by atoms with Gasteiger partial charge in [0, 0.05) is 11.3 Å². The molecule has 0 amide bonds. The molecule has 1 aliphatic carbocycles. The summed E-state index contributed by atoms with van der Waals surface area (Å²) in [6, 6.07) is 3.74. The Morgan fingerprint density at radius 1 is 1.22 bits per heavy atom. The third-order valence-electron chi connectivity index (χ3n) is 3.70. The topological polar surface area (TPSA) is 57.5 Å². The largest absolute Gasteiger partial charge is 0.463 e. The summed E-state index contributed by atoms with van der Waals surface area (Å²) in [4.78, 5) is 24.7. The number of ether oxygens (including phenoxy) is 2. The second kappa shape index (κ2) is 6.60. The first-order valence-electron chi connectivity index (χ1n) is 8.06. The molecular formula is C18H25NO4. The molecule has 0 atom stereocenters. The highest BCUT2D eigenvalue weighted by Gasteiger charge is 2.28. The number of hydrogen-bond acceptors (Lipinski definition) is 4. The molecular weight excluding hydrogens is 294 g/mol. The molecule has 0 radical (unpaired) electrons. The maximum atomic E-state index is 12.5. The predicted octanol–water partition coefficient (Wildman–Crippen LogP) is 4.08. The number of nitrogens with zero attached hydrogens (tertiary/aromatic N) is 1. The van der Waals surface area contributed by atoms with Crippen LogP contribution in [-0.4, -0.2) is 28.8 Å². The van der Waals surface area contributed by atoms with Crippen LogP contribution < -0.4 is 0 Å². The molecule has 0 saturated carbocycles. The van der Waals surface area contributed by atoms with Crippen LogP contribution in [0.5, 0.6) is 0 Å². The van der Waals surface area contributed by atoms with Crippen LogP contribution in [0.1, 0.15) is 58.3 Å². The molecule has 0 saturated heterocycles. The van der Waals surface area contributed by atoms with Gasteiger partial charge in [-0.2, -0.15) is 0 Å². The van der Waals surface area contributed by atoms with Gasteiger partial charge in [0.1, 0.15) is 5.60 Å². The molecule has 0 bridgehead atoms. The molecule has 2 rings (SSSR count). The van der Waals surface area contributed by atoms with Gasteiger partial charge in [-0.3, -0.25) is 4.57 Å². The zero-order valence-corrected chi connectivity index (χ0v) is 14.6. The Kier molecular flexibility index (Phi) is 4.97. The second-order valence-corrected chi connectivity index (χ2v) is 6.71. The minimum Gasteiger partial charge on any atom is -0.463 e. The fourth-order valence-electron chi connectivity index (χ4n) is 2.79. The average molecular weight is 319 g/mol. The predicted molar refractivity (Wildman–Crippen MR) is 88.2 cm³/mol. The van der Waals surface area contributed by atoms with Crippen LogP contribution in [0.2, 0.25) is 0 Å². The number of carbonyl (C=O) groups is 2. The molecule has 0 aliphatic heterocycles. The summed E-state index contributed by atoms with van der Waals surface area (Å²) >= 11 is 0. The molecule has 126 valence electrons. The highest BCUT2D eigenvalue weighted by Crippen LogP contribution is 2.35. The Bertz CT molecular complexity index is 646. The minimum absolute atomic E-state index is 0.283. The number of carbonyl (C=O) groups excluding carboxylic acids is 2. The first-order chi connectivity index (χ1) is 10.7. The van der Waals surface area contributed by atoms with Gasteiger partial charge in [0.2, 0.25) is 0 Å². The van der Waals surface area contributed by atoms with E-state index in [0.29, 0.717) is 18.6 Å². The van der Waals surface area contributed by atoms with E-state index in [4.69, 9.17) is 9.47 Å². The van der Waals surface area contributed by atoms with Crippen molar-refractivity contribution in [2.75, 3.05) is 6.61 Å². The molecule has 5 heteroatoms. The molecule has 1 aliphatic rings. The fourth-order valence-corrected chi connectivity index (χ4v) is 2.79. The van der Waals surface area contributed by atoms with Crippen molar-refractivity contribution < 1.29 is 19.1 Å². The van der Waals surface area contributed by atoms with E-state index in [1.165, 1.54) is 0 Å². The maximum Gasteiger partial charge on any atom is 0.419 e. The maximum absolute atomic E-state index is 12.5. The number of esters is 1. The number of allylic oxidation sites excluding steroid dienone is 1. The van der Waals surface area contributed by atoms with Gasteiger partial charge in [0.25, 0.3) is 0 Å². The van der Waals surface area contributed by atoms with E-state index in [2.05, 4.69) is 0 Å². The smallest absolute Gasteiger partial charge is 0.419 e. The Balaban J connectivity index is 2.43. The third-order valence-corrected chi connectivity index (χ3v) is 3.70. The van der Waals surface area contributed by atoms with E-state index in [1.807, 2.05) is 39.8 Å². The molecule has 5 nitrogen and oxygen atoms in total. The van der Waals surface area contributed by atoms with Crippen molar-refractivity contribution in [3.63, 3.8) is 0 Å². The van der Waals surface area contributed by atoms with Crippen molar-refractivity contribution in [2.24, 2.45) is 0 Å². The molecule has 0 fully saturated rings. The van der Waals surface area contributed by atoms with E-state index in [1.54, 1.807) is 11.5 Å². The quantitative estimate of drug-likeness (QED) is 0.788. The van der Waals surface area contributed by atoms with E-state index in [0.717, 1.165) is 29.8 Å². The summed E-state index contributed by atoms with van der Waals surface area (Å²) in [7, 11) is 0. The number of aryl methyl sites for hydroxylation is 1. The molecule has 0 N–H and O–H groups in total. The van der Waals surface area contributed by atoms with Gasteiger partial charge in [0.15, 0.2) is 0 Å². The minimum atomic E-state index is -0.570. The third kappa shape index (κ3) is 3.84. The van der Waals surface area contributed by atoms with E-state index < -0.39 is 11.7 Å². The first kappa shape index (κ1) is 17.3. The summed E-state index contributed by atoms with van der Waals surface area (Å²) in [6.07, 6.45) is 1.92. The summed E-state index contributed by atoms with van der Waals surface area (Å²) < 4.78 is 12.2. The monoisotopic (exact) mass is 319 g/mol. The Hall–Kier alpha value is -2.04. The molecule has 23 heavy (non-hydrogen) atoms. The zero-order valence-electron chi connectivity index (χ0n) is 14.6. The molecule has 1 aromatic rings. The Labute approximate surface area is 137 Å². The van der Waals surface area contributed by atoms with E-state index in [9.17, 15) is 9.59 Å². The van der Waals surface area contributed by atoms with Gasteiger partial charge >= 0.3 is 12.1 Å². The van der Waals surface area contributed by atoms with Crippen LogP contribution in [0.3, 0.4) is 0 Å². The molecule has 1 heterocycles. The van der Waals surface area contributed by atoms with Crippen LogP contribution in [0.4, 0.5) is 4.79 Å².